The smallest absolute Gasteiger partial charge is 0.160 e. The number of nitrogens with zero attached hydrogens (tertiary/aromatic N) is 2. The van der Waals surface area contributed by atoms with Crippen LogP contribution in [0.25, 0.3) is 87.3 Å². The minimum Gasteiger partial charge on any atom is -0.456 e. The lowest BCUT2D eigenvalue weighted by Crippen LogP contribution is -2.34. The third-order valence-electron chi connectivity index (χ3n) is 11.9. The molecule has 0 amide bonds. The van der Waals surface area contributed by atoms with Gasteiger partial charge in [0.1, 0.15) is 23.2 Å². The highest BCUT2D eigenvalue weighted by atomic mass is 16.3. The van der Waals surface area contributed by atoms with Gasteiger partial charge in [-0.25, -0.2) is 9.98 Å². The van der Waals surface area contributed by atoms with Crippen LogP contribution in [0.2, 0.25) is 0 Å². The Kier molecular flexibility index (Phi) is 7.57. The number of rotatable bonds is 5. The second kappa shape index (κ2) is 13.4. The molecule has 0 bridgehead atoms. The quantitative estimate of drug-likeness (QED) is 0.178. The predicted molar refractivity (Wildman–Crippen MR) is 246 cm³/mol. The summed E-state index contributed by atoms with van der Waals surface area (Å²) in [7, 11) is 0. The number of para-hydroxylation sites is 1. The van der Waals surface area contributed by atoms with E-state index in [1.54, 1.807) is 0 Å². The summed E-state index contributed by atoms with van der Waals surface area (Å²) in [5, 5.41) is 15.3. The molecule has 1 atom stereocenters. The first-order valence-corrected chi connectivity index (χ1v) is 20.1. The van der Waals surface area contributed by atoms with Crippen LogP contribution in [0.3, 0.4) is 0 Å². The van der Waals surface area contributed by atoms with Crippen molar-refractivity contribution in [3.8, 4) is 22.3 Å². The van der Waals surface area contributed by atoms with Gasteiger partial charge in [0.05, 0.1) is 0 Å². The maximum Gasteiger partial charge on any atom is 0.160 e. The van der Waals surface area contributed by atoms with Crippen LogP contribution in [0.5, 0.6) is 0 Å². The minimum absolute atomic E-state index is 0.415. The van der Waals surface area contributed by atoms with Crippen molar-refractivity contribution in [2.45, 2.75) is 6.17 Å². The number of hydrogen-bond donors (Lipinski definition) is 1. The summed E-state index contributed by atoms with van der Waals surface area (Å²) in [6.45, 7) is 0. The van der Waals surface area contributed by atoms with Gasteiger partial charge in [0.15, 0.2) is 5.84 Å². The van der Waals surface area contributed by atoms with Gasteiger partial charge in [-0.2, -0.15) is 0 Å². The van der Waals surface area contributed by atoms with Gasteiger partial charge in [-0.1, -0.05) is 158 Å². The van der Waals surface area contributed by atoms with Crippen molar-refractivity contribution in [3.05, 3.63) is 217 Å². The lowest BCUT2D eigenvalue weighted by atomic mass is 9.92. The number of amidine groups is 2. The second-order valence-corrected chi connectivity index (χ2v) is 15.4. The van der Waals surface area contributed by atoms with Crippen molar-refractivity contribution < 1.29 is 4.42 Å². The van der Waals surface area contributed by atoms with Crippen molar-refractivity contribution >= 4 is 76.7 Å². The van der Waals surface area contributed by atoms with Gasteiger partial charge in [-0.05, 0) is 113 Å². The summed E-state index contributed by atoms with van der Waals surface area (Å²) in [4.78, 5) is 11.1. The van der Waals surface area contributed by atoms with Gasteiger partial charge in [-0.3, -0.25) is 0 Å². The first kappa shape index (κ1) is 33.3. The molecule has 11 aromatic rings. The van der Waals surface area contributed by atoms with Crippen molar-refractivity contribution in [2.24, 2.45) is 9.98 Å². The molecule has 4 nitrogen and oxygen atoms in total. The minimum atomic E-state index is -0.415. The highest BCUT2D eigenvalue weighted by molar-refractivity contribution is 6.27. The second-order valence-electron chi connectivity index (χ2n) is 15.4. The topological polar surface area (TPSA) is 49.9 Å². The van der Waals surface area contributed by atoms with E-state index >= 15 is 0 Å². The molecule has 0 saturated heterocycles. The molecule has 1 aromatic heterocycles. The Morgan fingerprint density at radius 1 is 0.407 bits per heavy atom. The lowest BCUT2D eigenvalue weighted by Gasteiger charge is -2.26. The Morgan fingerprint density at radius 3 is 1.90 bits per heavy atom. The highest BCUT2D eigenvalue weighted by Crippen LogP contribution is 2.40. The molecule has 12 rings (SSSR count). The van der Waals surface area contributed by atoms with Crippen LogP contribution < -0.4 is 5.32 Å². The van der Waals surface area contributed by atoms with Crippen molar-refractivity contribution in [1.82, 2.24) is 5.32 Å². The lowest BCUT2D eigenvalue weighted by molar-refractivity contribution is 0.668. The van der Waals surface area contributed by atoms with E-state index in [2.05, 4.69) is 193 Å². The molecular weight excluding hydrogens is 719 g/mol. The zero-order chi connectivity index (χ0) is 38.9. The molecule has 4 heteroatoms. The predicted octanol–water partition coefficient (Wildman–Crippen LogP) is 14.0. The van der Waals surface area contributed by atoms with Crippen LogP contribution in [-0.2, 0) is 0 Å². The molecule has 1 N–H and O–H groups in total. The van der Waals surface area contributed by atoms with E-state index in [1.807, 2.05) is 12.1 Å². The molecule has 59 heavy (non-hydrogen) atoms. The van der Waals surface area contributed by atoms with Crippen LogP contribution in [0.1, 0.15) is 22.9 Å². The van der Waals surface area contributed by atoms with Gasteiger partial charge in [0, 0.05) is 21.9 Å². The van der Waals surface area contributed by atoms with E-state index in [0.29, 0.717) is 5.84 Å². The summed E-state index contributed by atoms with van der Waals surface area (Å²) >= 11 is 0. The zero-order valence-corrected chi connectivity index (χ0v) is 31.9. The fraction of sp³-hybridized carbons (Fsp3) is 0.0182. The molecule has 1 unspecified atom stereocenters. The average Bonchev–Trinajstić information content (AvgIpc) is 3.69. The first-order valence-electron chi connectivity index (χ1n) is 20.1. The molecule has 0 fully saturated rings. The number of furan rings is 1. The van der Waals surface area contributed by atoms with E-state index < -0.39 is 6.17 Å². The number of aliphatic imine (C=N–C) groups is 2. The fourth-order valence-corrected chi connectivity index (χ4v) is 9.01. The summed E-state index contributed by atoms with van der Waals surface area (Å²) in [5.41, 5.74) is 9.20. The Balaban J connectivity index is 1.12. The first-order chi connectivity index (χ1) is 29.2. The van der Waals surface area contributed by atoms with Crippen LogP contribution in [-0.4, -0.2) is 11.7 Å². The number of hydrogen-bond acceptors (Lipinski definition) is 4. The maximum atomic E-state index is 6.56. The van der Waals surface area contributed by atoms with Crippen molar-refractivity contribution in [2.75, 3.05) is 0 Å². The Labute approximate surface area is 340 Å². The SMILES string of the molecule is c1ccc(-c2ccc3cc(-c4ccc5oc6ccccc6c5c4C4=NC(c5ccc6ccccc6c5)NC(c5cc6ccccc6c6ccccc56)=N4)ccc3c2)cc1. The molecule has 1 aliphatic rings. The molecule has 10 aromatic carbocycles. The molecule has 0 aliphatic carbocycles. The van der Waals surface area contributed by atoms with E-state index in [0.717, 1.165) is 66.4 Å². The molecule has 1 aliphatic heterocycles. The van der Waals surface area contributed by atoms with E-state index in [1.165, 1.54) is 43.4 Å². The van der Waals surface area contributed by atoms with E-state index in [4.69, 9.17) is 14.4 Å². The summed E-state index contributed by atoms with van der Waals surface area (Å²) in [6, 6.07) is 71.2. The average molecular weight is 754 g/mol. The Morgan fingerprint density at radius 2 is 1.05 bits per heavy atom. The summed E-state index contributed by atoms with van der Waals surface area (Å²) < 4.78 is 6.56. The van der Waals surface area contributed by atoms with Crippen LogP contribution in [0.15, 0.2) is 215 Å². The largest absolute Gasteiger partial charge is 0.456 e. The monoisotopic (exact) mass is 753 g/mol. The normalized spacial score (nSPS) is 14.3. The van der Waals surface area contributed by atoms with Crippen LogP contribution >= 0.6 is 0 Å². The Bertz CT molecular complexity index is 3540. The molecular formula is C55H35N3O. The zero-order valence-electron chi connectivity index (χ0n) is 31.9. The number of benzene rings is 10. The number of fused-ring (bicyclic) bond motifs is 8. The van der Waals surface area contributed by atoms with E-state index in [9.17, 15) is 0 Å². The highest BCUT2D eigenvalue weighted by Gasteiger charge is 2.27. The fourth-order valence-electron chi connectivity index (χ4n) is 9.01. The van der Waals surface area contributed by atoms with Crippen LogP contribution in [0, 0.1) is 0 Å². The molecule has 0 saturated carbocycles. The van der Waals surface area contributed by atoms with Crippen LogP contribution in [0.4, 0.5) is 0 Å². The summed E-state index contributed by atoms with van der Waals surface area (Å²) in [6.07, 6.45) is -0.415. The van der Waals surface area contributed by atoms with Gasteiger partial charge >= 0.3 is 0 Å². The molecule has 0 radical (unpaired) electrons. The molecule has 276 valence electrons. The molecule has 2 heterocycles. The van der Waals surface area contributed by atoms with Gasteiger partial charge in [-0.15, -0.1) is 0 Å². The van der Waals surface area contributed by atoms with E-state index in [-0.39, 0.29) is 0 Å². The van der Waals surface area contributed by atoms with Crippen molar-refractivity contribution in [3.63, 3.8) is 0 Å². The van der Waals surface area contributed by atoms with Gasteiger partial charge < -0.3 is 9.73 Å². The van der Waals surface area contributed by atoms with Crippen molar-refractivity contribution in [1.29, 1.82) is 0 Å². The molecule has 0 spiro atoms. The van der Waals surface area contributed by atoms with Gasteiger partial charge in [0.2, 0.25) is 0 Å². The summed E-state index contributed by atoms with van der Waals surface area (Å²) in [5.74, 6) is 1.43. The Hall–Kier alpha value is -7.82. The third-order valence-corrected chi connectivity index (χ3v) is 11.9. The van der Waals surface area contributed by atoms with Gasteiger partial charge in [0.25, 0.3) is 0 Å². The standard InChI is InChI=1S/C55H35N3O/c1-2-12-34(13-3-1)37-23-24-39-31-41(26-25-38(39)30-37)44-28-29-50-51(47-20-10-11-21-49(47)59-50)52(44)55-57-53(42-27-22-35-14-4-5-15-36(35)32-42)56-54(58-55)48-33-40-16-6-7-17-43(40)45-18-8-9-19-46(45)48/h1-33,53H,(H,56,57,58). The maximum absolute atomic E-state index is 6.56. The third kappa shape index (κ3) is 5.60. The number of nitrogens with one attached hydrogen (secondary N) is 1.